The highest BCUT2D eigenvalue weighted by Crippen LogP contribution is 2.38. The summed E-state index contributed by atoms with van der Waals surface area (Å²) in [5, 5.41) is 0. The van der Waals surface area contributed by atoms with Gasteiger partial charge in [0.1, 0.15) is 5.75 Å². The molecule has 2 aromatic rings. The van der Waals surface area contributed by atoms with Gasteiger partial charge in [-0.15, -0.1) is 0 Å². The molecule has 1 saturated heterocycles. The van der Waals surface area contributed by atoms with Crippen LogP contribution in [0.3, 0.4) is 0 Å². The van der Waals surface area contributed by atoms with Crippen LogP contribution in [0.25, 0.3) is 0 Å². The van der Waals surface area contributed by atoms with E-state index >= 15 is 0 Å². The molecule has 1 aliphatic rings. The van der Waals surface area contributed by atoms with Crippen LogP contribution in [0.15, 0.2) is 36.4 Å². The SMILES string of the molecule is COc1ccc(CC(=O)N2CCCN(C(=O)c3cc(OC)c(OC)c(OC)c3)CC2)cc1. The summed E-state index contributed by atoms with van der Waals surface area (Å²) in [4.78, 5) is 29.6. The average molecular weight is 443 g/mol. The molecular weight excluding hydrogens is 412 g/mol. The van der Waals surface area contributed by atoms with Crippen molar-refractivity contribution in [1.29, 1.82) is 0 Å². The van der Waals surface area contributed by atoms with E-state index in [0.29, 0.717) is 61.8 Å². The summed E-state index contributed by atoms with van der Waals surface area (Å²) in [5.41, 5.74) is 1.39. The molecule has 0 unspecified atom stereocenters. The molecule has 0 radical (unpaired) electrons. The van der Waals surface area contributed by atoms with Crippen molar-refractivity contribution in [3.63, 3.8) is 0 Å². The van der Waals surface area contributed by atoms with Crippen LogP contribution in [-0.2, 0) is 11.2 Å². The average Bonchev–Trinajstić information content (AvgIpc) is 3.09. The van der Waals surface area contributed by atoms with Gasteiger partial charge in [-0.05, 0) is 36.2 Å². The van der Waals surface area contributed by atoms with Gasteiger partial charge in [-0.25, -0.2) is 0 Å². The molecule has 0 spiro atoms. The fraction of sp³-hybridized carbons (Fsp3) is 0.417. The number of nitrogens with zero attached hydrogens (tertiary/aromatic N) is 2. The largest absolute Gasteiger partial charge is 0.497 e. The normalized spacial score (nSPS) is 13.9. The van der Waals surface area contributed by atoms with E-state index in [2.05, 4.69) is 0 Å². The first-order chi connectivity index (χ1) is 15.5. The van der Waals surface area contributed by atoms with Gasteiger partial charge in [0.15, 0.2) is 11.5 Å². The molecular formula is C24H30N2O6. The van der Waals surface area contributed by atoms with Crippen molar-refractivity contribution in [3.05, 3.63) is 47.5 Å². The second kappa shape index (κ2) is 10.7. The lowest BCUT2D eigenvalue weighted by Gasteiger charge is -2.23. The Morgan fingerprint density at radius 1 is 0.781 bits per heavy atom. The molecule has 2 aromatic carbocycles. The van der Waals surface area contributed by atoms with E-state index in [1.165, 1.54) is 21.3 Å². The van der Waals surface area contributed by atoms with E-state index in [1.54, 1.807) is 24.1 Å². The summed E-state index contributed by atoms with van der Waals surface area (Å²) in [6.45, 7) is 2.14. The Bertz CT molecular complexity index is 919. The maximum Gasteiger partial charge on any atom is 0.254 e. The first-order valence-electron chi connectivity index (χ1n) is 10.5. The Morgan fingerprint density at radius 3 is 1.94 bits per heavy atom. The number of rotatable bonds is 7. The van der Waals surface area contributed by atoms with Crippen LogP contribution < -0.4 is 18.9 Å². The monoisotopic (exact) mass is 442 g/mol. The van der Waals surface area contributed by atoms with Crippen molar-refractivity contribution in [3.8, 4) is 23.0 Å². The molecule has 0 aromatic heterocycles. The van der Waals surface area contributed by atoms with Crippen LogP contribution in [-0.4, -0.2) is 76.2 Å². The van der Waals surface area contributed by atoms with Crippen LogP contribution in [0, 0.1) is 0 Å². The molecule has 0 atom stereocenters. The third kappa shape index (κ3) is 5.25. The fourth-order valence-corrected chi connectivity index (χ4v) is 3.79. The quantitative estimate of drug-likeness (QED) is 0.656. The van der Waals surface area contributed by atoms with Crippen molar-refractivity contribution in [2.75, 3.05) is 54.6 Å². The summed E-state index contributed by atoms with van der Waals surface area (Å²) in [6.07, 6.45) is 1.04. The molecule has 8 nitrogen and oxygen atoms in total. The number of hydrogen-bond acceptors (Lipinski definition) is 6. The minimum absolute atomic E-state index is 0.0530. The van der Waals surface area contributed by atoms with Crippen molar-refractivity contribution in [2.24, 2.45) is 0 Å². The van der Waals surface area contributed by atoms with E-state index < -0.39 is 0 Å². The molecule has 0 saturated carbocycles. The number of hydrogen-bond donors (Lipinski definition) is 0. The molecule has 3 rings (SSSR count). The predicted octanol–water partition coefficient (Wildman–Crippen LogP) is 2.64. The summed E-state index contributed by atoms with van der Waals surface area (Å²) in [6, 6.07) is 10.8. The Hall–Kier alpha value is -3.42. The third-order valence-electron chi connectivity index (χ3n) is 5.56. The highest BCUT2D eigenvalue weighted by atomic mass is 16.5. The molecule has 0 N–H and O–H groups in total. The maximum atomic E-state index is 13.2. The topological polar surface area (TPSA) is 77.5 Å². The lowest BCUT2D eigenvalue weighted by molar-refractivity contribution is -0.130. The molecule has 1 fully saturated rings. The molecule has 2 amide bonds. The molecule has 1 aliphatic heterocycles. The van der Waals surface area contributed by atoms with E-state index in [9.17, 15) is 9.59 Å². The minimum atomic E-state index is -0.131. The minimum Gasteiger partial charge on any atom is -0.497 e. The number of amides is 2. The number of carbonyl (C=O) groups is 2. The van der Waals surface area contributed by atoms with Gasteiger partial charge in [0, 0.05) is 31.7 Å². The van der Waals surface area contributed by atoms with Gasteiger partial charge in [-0.2, -0.15) is 0 Å². The molecule has 0 aliphatic carbocycles. The first kappa shape index (κ1) is 23.2. The van der Waals surface area contributed by atoms with Gasteiger partial charge in [-0.1, -0.05) is 12.1 Å². The highest BCUT2D eigenvalue weighted by Gasteiger charge is 2.25. The van der Waals surface area contributed by atoms with Gasteiger partial charge < -0.3 is 28.7 Å². The highest BCUT2D eigenvalue weighted by molar-refractivity contribution is 5.95. The Balaban J connectivity index is 1.66. The van der Waals surface area contributed by atoms with Crippen LogP contribution >= 0.6 is 0 Å². The van der Waals surface area contributed by atoms with Crippen molar-refractivity contribution in [1.82, 2.24) is 9.80 Å². The van der Waals surface area contributed by atoms with Crippen LogP contribution in [0.2, 0.25) is 0 Å². The van der Waals surface area contributed by atoms with Crippen LogP contribution in [0.1, 0.15) is 22.3 Å². The Morgan fingerprint density at radius 2 is 1.38 bits per heavy atom. The third-order valence-corrected chi connectivity index (χ3v) is 5.56. The second-order valence-corrected chi connectivity index (χ2v) is 7.47. The molecule has 1 heterocycles. The van der Waals surface area contributed by atoms with Gasteiger partial charge in [-0.3, -0.25) is 9.59 Å². The lowest BCUT2D eigenvalue weighted by atomic mass is 10.1. The fourth-order valence-electron chi connectivity index (χ4n) is 3.79. The zero-order valence-electron chi connectivity index (χ0n) is 19.1. The van der Waals surface area contributed by atoms with Gasteiger partial charge in [0.2, 0.25) is 11.7 Å². The molecule has 0 bridgehead atoms. The number of carbonyl (C=O) groups excluding carboxylic acids is 2. The predicted molar refractivity (Wildman–Crippen MR) is 120 cm³/mol. The smallest absolute Gasteiger partial charge is 0.254 e. The second-order valence-electron chi connectivity index (χ2n) is 7.47. The number of ether oxygens (including phenoxy) is 4. The van der Waals surface area contributed by atoms with Crippen molar-refractivity contribution < 1.29 is 28.5 Å². The zero-order chi connectivity index (χ0) is 23.1. The Kier molecular flexibility index (Phi) is 7.81. The summed E-state index contributed by atoms with van der Waals surface area (Å²) in [7, 11) is 6.17. The molecule has 8 heteroatoms. The summed E-state index contributed by atoms with van der Waals surface area (Å²) in [5.74, 6) is 1.99. The van der Waals surface area contributed by atoms with E-state index in [1.807, 2.05) is 29.2 Å². The van der Waals surface area contributed by atoms with Crippen LogP contribution in [0.5, 0.6) is 23.0 Å². The zero-order valence-corrected chi connectivity index (χ0v) is 19.1. The standard InChI is InChI=1S/C24H30N2O6/c1-29-19-8-6-17(7-9-19)14-22(27)25-10-5-11-26(13-12-25)24(28)18-15-20(30-2)23(32-4)21(16-18)31-3/h6-9,15-16H,5,10-14H2,1-4H3. The lowest BCUT2D eigenvalue weighted by Crippen LogP contribution is -2.38. The van der Waals surface area contributed by atoms with Crippen molar-refractivity contribution >= 4 is 11.8 Å². The summed E-state index contributed by atoms with van der Waals surface area (Å²) < 4.78 is 21.2. The van der Waals surface area contributed by atoms with Gasteiger partial charge >= 0.3 is 0 Å². The molecule has 172 valence electrons. The van der Waals surface area contributed by atoms with E-state index in [4.69, 9.17) is 18.9 Å². The van der Waals surface area contributed by atoms with Gasteiger partial charge in [0.25, 0.3) is 5.91 Å². The van der Waals surface area contributed by atoms with E-state index in [0.717, 1.165) is 11.3 Å². The number of benzene rings is 2. The first-order valence-corrected chi connectivity index (χ1v) is 10.5. The van der Waals surface area contributed by atoms with Crippen molar-refractivity contribution in [2.45, 2.75) is 12.8 Å². The summed E-state index contributed by atoms with van der Waals surface area (Å²) >= 11 is 0. The van der Waals surface area contributed by atoms with Crippen LogP contribution in [0.4, 0.5) is 0 Å². The number of methoxy groups -OCH3 is 4. The van der Waals surface area contributed by atoms with Gasteiger partial charge in [0.05, 0.1) is 34.9 Å². The maximum absolute atomic E-state index is 13.2. The molecule has 32 heavy (non-hydrogen) atoms. The van der Waals surface area contributed by atoms with E-state index in [-0.39, 0.29) is 11.8 Å². The Labute approximate surface area is 188 Å².